The molecule has 1 fully saturated rings. The molecule has 5 heteroatoms. The van der Waals surface area contributed by atoms with E-state index in [4.69, 9.17) is 5.11 Å². The molecule has 0 radical (unpaired) electrons. The highest BCUT2D eigenvalue weighted by molar-refractivity contribution is 9.12. The van der Waals surface area contributed by atoms with E-state index in [0.29, 0.717) is 0 Å². The first kappa shape index (κ1) is 7.50. The molecule has 3 atom stereocenters. The summed E-state index contributed by atoms with van der Waals surface area (Å²) < 4.78 is 4.41. The topological polar surface area (TPSA) is 46.5 Å². The first-order valence-electron chi connectivity index (χ1n) is 2.29. The normalized spacial score (nSPS) is 43.0. The van der Waals surface area contributed by atoms with E-state index in [0.717, 1.165) is 0 Å². The van der Waals surface area contributed by atoms with Gasteiger partial charge in [-0.2, -0.15) is 0 Å². The highest BCUT2D eigenvalue weighted by Gasteiger charge is 2.40. The third-order valence-electron chi connectivity index (χ3n) is 1.01. The first-order valence-corrected chi connectivity index (χ1v) is 4.13. The number of carbonyl (C=O) groups excluding carboxylic acids is 1. The fraction of sp³-hybridized carbons (Fsp3) is 0.750. The third-order valence-corrected chi connectivity index (χ3v) is 3.65. The van der Waals surface area contributed by atoms with Crippen LogP contribution in [0.4, 0.5) is 0 Å². The zero-order valence-electron chi connectivity index (χ0n) is 4.25. The van der Waals surface area contributed by atoms with E-state index in [2.05, 4.69) is 36.6 Å². The Morgan fingerprint density at radius 2 is 2.11 bits per heavy atom. The molecule has 52 valence electrons. The quantitative estimate of drug-likeness (QED) is 0.506. The summed E-state index contributed by atoms with van der Waals surface area (Å²) in [4.78, 5) is 9.78. The van der Waals surface area contributed by atoms with Crippen LogP contribution < -0.4 is 0 Å². The van der Waals surface area contributed by atoms with Crippen molar-refractivity contribution in [1.82, 2.24) is 0 Å². The van der Waals surface area contributed by atoms with Gasteiger partial charge in [-0.25, -0.2) is 0 Å². The molecule has 1 aliphatic rings. The predicted octanol–water partition coefficient (Wildman–Crippen LogP) is 0.389. The zero-order chi connectivity index (χ0) is 7.02. The van der Waals surface area contributed by atoms with Crippen molar-refractivity contribution in [3.05, 3.63) is 0 Å². The Morgan fingerprint density at radius 1 is 1.56 bits per heavy atom. The molecule has 0 aromatic heterocycles. The highest BCUT2D eigenvalue weighted by Crippen LogP contribution is 2.26. The van der Waals surface area contributed by atoms with Crippen molar-refractivity contribution in [3.8, 4) is 0 Å². The number of halogens is 2. The molecular formula is C4H4Br2O3. The molecule has 0 amide bonds. The third kappa shape index (κ3) is 1.28. The van der Waals surface area contributed by atoms with Gasteiger partial charge >= 0.3 is 5.97 Å². The fourth-order valence-electron chi connectivity index (χ4n) is 0.524. The number of ether oxygens (including phenoxy) is 1. The van der Waals surface area contributed by atoms with E-state index in [1.54, 1.807) is 0 Å². The maximum Gasteiger partial charge on any atom is 0.323 e. The molecule has 3 nitrogen and oxygen atoms in total. The minimum absolute atomic E-state index is 0.329. The molecule has 0 unspecified atom stereocenters. The van der Waals surface area contributed by atoms with Crippen LogP contribution >= 0.6 is 31.9 Å². The summed E-state index contributed by atoms with van der Waals surface area (Å²) in [7, 11) is 0. The van der Waals surface area contributed by atoms with Crippen LogP contribution in [0.3, 0.4) is 0 Å². The molecular weight excluding hydrogens is 256 g/mol. The second-order valence-electron chi connectivity index (χ2n) is 1.67. The Hall–Kier alpha value is 0.390. The van der Waals surface area contributed by atoms with E-state index in [1.165, 1.54) is 0 Å². The average molecular weight is 260 g/mol. The Balaban J connectivity index is 2.65. The number of aliphatic hydroxyl groups excluding tert-OH is 1. The molecule has 1 heterocycles. The summed E-state index contributed by atoms with van der Waals surface area (Å²) in [6.45, 7) is 0. The molecule has 0 aliphatic carbocycles. The molecule has 0 aromatic rings. The molecule has 0 bridgehead atoms. The molecule has 0 spiro atoms. The number of alkyl halides is 2. The van der Waals surface area contributed by atoms with E-state index in [9.17, 15) is 4.79 Å². The Morgan fingerprint density at radius 3 is 2.22 bits per heavy atom. The molecule has 0 saturated carbocycles. The van der Waals surface area contributed by atoms with E-state index in [1.807, 2.05) is 0 Å². The lowest BCUT2D eigenvalue weighted by Crippen LogP contribution is -2.19. The fourth-order valence-corrected chi connectivity index (χ4v) is 1.22. The van der Waals surface area contributed by atoms with Crippen molar-refractivity contribution < 1.29 is 14.6 Å². The van der Waals surface area contributed by atoms with Crippen LogP contribution in [0, 0.1) is 0 Å². The second-order valence-corrected chi connectivity index (χ2v) is 3.72. The number of rotatable bonds is 0. The molecule has 1 aliphatic heterocycles. The zero-order valence-corrected chi connectivity index (χ0v) is 7.42. The molecule has 1 saturated heterocycles. The van der Waals surface area contributed by atoms with Crippen molar-refractivity contribution >= 4 is 37.8 Å². The standard InChI is InChI=1S/C4H4Br2O3/c5-1-2(6)4(8)9-3(1)7/h1-3,7H/t1-,2-,3-/m0/s1. The summed E-state index contributed by atoms with van der Waals surface area (Å²) in [5.41, 5.74) is 0. The van der Waals surface area contributed by atoms with Gasteiger partial charge in [0.2, 0.25) is 6.29 Å². The lowest BCUT2D eigenvalue weighted by molar-refractivity contribution is -0.152. The smallest absolute Gasteiger partial charge is 0.323 e. The van der Waals surface area contributed by atoms with Gasteiger partial charge in [0.25, 0.3) is 0 Å². The lowest BCUT2D eigenvalue weighted by atomic mass is 10.3. The van der Waals surface area contributed by atoms with Gasteiger partial charge in [-0.05, 0) is 0 Å². The van der Waals surface area contributed by atoms with Crippen LogP contribution in [-0.4, -0.2) is 27.0 Å². The van der Waals surface area contributed by atoms with Gasteiger partial charge in [0, 0.05) is 0 Å². The van der Waals surface area contributed by atoms with Crippen molar-refractivity contribution in [2.75, 3.05) is 0 Å². The maximum absolute atomic E-state index is 10.5. The molecule has 1 rings (SSSR count). The van der Waals surface area contributed by atoms with Gasteiger partial charge in [-0.1, -0.05) is 31.9 Å². The lowest BCUT2D eigenvalue weighted by Gasteiger charge is -2.02. The van der Waals surface area contributed by atoms with Crippen LogP contribution in [0.25, 0.3) is 0 Å². The number of cyclic esters (lactones) is 1. The number of aliphatic hydroxyl groups is 1. The molecule has 0 aromatic carbocycles. The van der Waals surface area contributed by atoms with Gasteiger partial charge in [0.15, 0.2) is 0 Å². The van der Waals surface area contributed by atoms with Crippen molar-refractivity contribution in [1.29, 1.82) is 0 Å². The van der Waals surface area contributed by atoms with Gasteiger partial charge in [0.1, 0.15) is 9.65 Å². The van der Waals surface area contributed by atoms with Crippen LogP contribution in [0.2, 0.25) is 0 Å². The maximum atomic E-state index is 10.5. The van der Waals surface area contributed by atoms with Crippen molar-refractivity contribution in [2.24, 2.45) is 0 Å². The van der Waals surface area contributed by atoms with Gasteiger partial charge in [-0.15, -0.1) is 0 Å². The van der Waals surface area contributed by atoms with Crippen molar-refractivity contribution in [3.63, 3.8) is 0 Å². The van der Waals surface area contributed by atoms with Crippen molar-refractivity contribution in [2.45, 2.75) is 15.9 Å². The highest BCUT2D eigenvalue weighted by atomic mass is 79.9. The molecule has 1 N–H and O–H groups in total. The minimum Gasteiger partial charge on any atom is -0.434 e. The second kappa shape index (κ2) is 2.56. The molecule has 9 heavy (non-hydrogen) atoms. The van der Waals surface area contributed by atoms with Gasteiger partial charge in [-0.3, -0.25) is 4.79 Å². The first-order chi connectivity index (χ1) is 4.13. The summed E-state index contributed by atoms with van der Waals surface area (Å²) in [5, 5.41) is 8.82. The van der Waals surface area contributed by atoms with Crippen LogP contribution in [-0.2, 0) is 9.53 Å². The van der Waals surface area contributed by atoms with E-state index >= 15 is 0 Å². The van der Waals surface area contributed by atoms with Crippen LogP contribution in [0.15, 0.2) is 0 Å². The predicted molar refractivity (Wildman–Crippen MR) is 37.5 cm³/mol. The number of hydrogen-bond acceptors (Lipinski definition) is 3. The number of carbonyl (C=O) groups is 1. The summed E-state index contributed by atoms with van der Waals surface area (Å²) in [6.07, 6.45) is -1.01. The average Bonchev–Trinajstić information content (AvgIpc) is 1.98. The minimum atomic E-state index is -1.01. The van der Waals surface area contributed by atoms with Crippen LogP contribution in [0.1, 0.15) is 0 Å². The van der Waals surface area contributed by atoms with Crippen LogP contribution in [0.5, 0.6) is 0 Å². The monoisotopic (exact) mass is 258 g/mol. The number of hydrogen-bond donors (Lipinski definition) is 1. The number of esters is 1. The Bertz CT molecular complexity index is 138. The summed E-state index contributed by atoms with van der Waals surface area (Å²) in [6, 6.07) is 0. The van der Waals surface area contributed by atoms with E-state index < -0.39 is 17.1 Å². The summed E-state index contributed by atoms with van der Waals surface area (Å²) in [5.74, 6) is -0.427. The Kier molecular flexibility index (Phi) is 2.13. The summed E-state index contributed by atoms with van der Waals surface area (Å²) >= 11 is 6.09. The van der Waals surface area contributed by atoms with Gasteiger partial charge in [0.05, 0.1) is 0 Å². The largest absolute Gasteiger partial charge is 0.434 e. The Labute approximate surface area is 68.6 Å². The van der Waals surface area contributed by atoms with E-state index in [-0.39, 0.29) is 4.83 Å². The SMILES string of the molecule is O=C1O[C@H](O)[C@@H](Br)[C@@H]1Br. The van der Waals surface area contributed by atoms with Gasteiger partial charge < -0.3 is 9.84 Å².